The highest BCUT2D eigenvalue weighted by Gasteiger charge is 2.29. The third-order valence-corrected chi connectivity index (χ3v) is 2.29. The van der Waals surface area contributed by atoms with Crippen molar-refractivity contribution in [2.45, 2.75) is 25.8 Å². The summed E-state index contributed by atoms with van der Waals surface area (Å²) in [6.07, 6.45) is 2.09. The lowest BCUT2D eigenvalue weighted by Crippen LogP contribution is -2.03. The Labute approximate surface area is 75.2 Å². The monoisotopic (exact) mass is 181 g/mol. The Morgan fingerprint density at radius 1 is 1.69 bits per heavy atom. The molecule has 1 aromatic heterocycles. The zero-order chi connectivity index (χ0) is 9.59. The van der Waals surface area contributed by atoms with E-state index in [2.05, 4.69) is 5.10 Å². The Balaban J connectivity index is 2.48. The number of carboxylic acids is 1. The molecule has 0 spiro atoms. The van der Waals surface area contributed by atoms with Crippen molar-refractivity contribution >= 4 is 11.8 Å². The Bertz CT molecular complexity index is 366. The summed E-state index contributed by atoms with van der Waals surface area (Å²) in [5, 5.41) is 12.7. The summed E-state index contributed by atoms with van der Waals surface area (Å²) in [5.41, 5.74) is 6.36. The van der Waals surface area contributed by atoms with Crippen LogP contribution in [0.1, 0.15) is 34.9 Å². The number of nitrogen functional groups attached to an aromatic ring is 1. The van der Waals surface area contributed by atoms with Crippen molar-refractivity contribution in [1.29, 1.82) is 0 Å². The van der Waals surface area contributed by atoms with Crippen molar-refractivity contribution in [1.82, 2.24) is 9.78 Å². The molecule has 0 aromatic carbocycles. The van der Waals surface area contributed by atoms with Crippen LogP contribution in [0.15, 0.2) is 0 Å². The normalized spacial score (nSPS) is 16.1. The number of anilines is 1. The van der Waals surface area contributed by atoms with Crippen LogP contribution in [-0.2, 0) is 0 Å². The summed E-state index contributed by atoms with van der Waals surface area (Å²) in [7, 11) is 0. The molecule has 13 heavy (non-hydrogen) atoms. The van der Waals surface area contributed by atoms with E-state index in [-0.39, 0.29) is 5.69 Å². The first-order valence-electron chi connectivity index (χ1n) is 4.19. The lowest BCUT2D eigenvalue weighted by atomic mass is 10.2. The van der Waals surface area contributed by atoms with Gasteiger partial charge in [0.05, 0.1) is 6.04 Å². The zero-order valence-electron chi connectivity index (χ0n) is 7.32. The minimum Gasteiger partial charge on any atom is -0.476 e. The standard InChI is InChI=1S/C8H11N3O2/c1-4-6(8(12)13)10-11(7(4)9)5-2-3-5/h5H,2-3,9H2,1H3,(H,12,13). The number of carboxylic acid groups (broad SMARTS) is 1. The Morgan fingerprint density at radius 2 is 2.31 bits per heavy atom. The van der Waals surface area contributed by atoms with Gasteiger partial charge in [-0.3, -0.25) is 0 Å². The van der Waals surface area contributed by atoms with Crippen molar-refractivity contribution in [3.63, 3.8) is 0 Å². The van der Waals surface area contributed by atoms with Gasteiger partial charge < -0.3 is 10.8 Å². The van der Waals surface area contributed by atoms with E-state index in [4.69, 9.17) is 10.8 Å². The molecule has 1 aliphatic carbocycles. The molecule has 1 saturated carbocycles. The van der Waals surface area contributed by atoms with E-state index in [1.807, 2.05) is 0 Å². The van der Waals surface area contributed by atoms with Crippen molar-refractivity contribution in [3.8, 4) is 0 Å². The Hall–Kier alpha value is -1.52. The van der Waals surface area contributed by atoms with Crippen molar-refractivity contribution in [3.05, 3.63) is 11.3 Å². The maximum Gasteiger partial charge on any atom is 0.356 e. The number of nitrogens with two attached hydrogens (primary N) is 1. The maximum atomic E-state index is 10.7. The zero-order valence-corrected chi connectivity index (χ0v) is 7.32. The minimum atomic E-state index is -1.01. The molecule has 0 amide bonds. The fourth-order valence-corrected chi connectivity index (χ4v) is 1.33. The van der Waals surface area contributed by atoms with Gasteiger partial charge in [0, 0.05) is 5.56 Å². The van der Waals surface area contributed by atoms with Gasteiger partial charge >= 0.3 is 5.97 Å². The van der Waals surface area contributed by atoms with Crippen LogP contribution in [0.3, 0.4) is 0 Å². The molecule has 5 heteroatoms. The van der Waals surface area contributed by atoms with Crippen LogP contribution < -0.4 is 5.73 Å². The lowest BCUT2D eigenvalue weighted by molar-refractivity contribution is 0.0688. The van der Waals surface area contributed by atoms with Gasteiger partial charge in [0.1, 0.15) is 5.82 Å². The number of hydrogen-bond donors (Lipinski definition) is 2. The van der Waals surface area contributed by atoms with Gasteiger partial charge in [-0.2, -0.15) is 5.10 Å². The van der Waals surface area contributed by atoms with Crippen LogP contribution in [0.2, 0.25) is 0 Å². The van der Waals surface area contributed by atoms with E-state index in [1.165, 1.54) is 0 Å². The van der Waals surface area contributed by atoms with Crippen LogP contribution in [0, 0.1) is 6.92 Å². The first-order valence-corrected chi connectivity index (χ1v) is 4.19. The molecule has 5 nitrogen and oxygen atoms in total. The number of hydrogen-bond acceptors (Lipinski definition) is 3. The SMILES string of the molecule is Cc1c(C(=O)O)nn(C2CC2)c1N. The summed E-state index contributed by atoms with van der Waals surface area (Å²) in [4.78, 5) is 10.7. The average Bonchev–Trinajstić information content (AvgIpc) is 2.83. The lowest BCUT2D eigenvalue weighted by Gasteiger charge is -1.98. The van der Waals surface area contributed by atoms with Gasteiger partial charge in [-0.05, 0) is 19.8 Å². The molecule has 1 aliphatic rings. The largest absolute Gasteiger partial charge is 0.476 e. The van der Waals surface area contributed by atoms with Crippen molar-refractivity contribution < 1.29 is 9.90 Å². The summed E-state index contributed by atoms with van der Waals surface area (Å²) < 4.78 is 1.62. The number of carbonyl (C=O) groups is 1. The van der Waals surface area contributed by atoms with Crippen LogP contribution in [-0.4, -0.2) is 20.9 Å². The Morgan fingerprint density at radius 3 is 2.69 bits per heavy atom. The van der Waals surface area contributed by atoms with Gasteiger partial charge in [0.15, 0.2) is 5.69 Å². The fraction of sp³-hybridized carbons (Fsp3) is 0.500. The van der Waals surface area contributed by atoms with E-state index in [1.54, 1.807) is 11.6 Å². The molecule has 1 aromatic rings. The predicted molar refractivity (Wildman–Crippen MR) is 46.6 cm³/mol. The number of aromatic nitrogens is 2. The van der Waals surface area contributed by atoms with Gasteiger partial charge in [0.2, 0.25) is 0 Å². The third-order valence-electron chi connectivity index (χ3n) is 2.29. The summed E-state index contributed by atoms with van der Waals surface area (Å²) >= 11 is 0. The second-order valence-electron chi connectivity index (χ2n) is 3.34. The van der Waals surface area contributed by atoms with Gasteiger partial charge in [-0.1, -0.05) is 0 Å². The topological polar surface area (TPSA) is 81.1 Å². The van der Waals surface area contributed by atoms with E-state index in [9.17, 15) is 4.79 Å². The third kappa shape index (κ3) is 1.16. The quantitative estimate of drug-likeness (QED) is 0.707. The second-order valence-corrected chi connectivity index (χ2v) is 3.34. The molecule has 3 N–H and O–H groups in total. The number of aromatic carboxylic acids is 1. The Kier molecular flexibility index (Phi) is 1.55. The summed E-state index contributed by atoms with van der Waals surface area (Å²) in [5.74, 6) is -0.525. The molecule has 0 unspecified atom stereocenters. The second kappa shape index (κ2) is 2.48. The molecular formula is C8H11N3O2. The molecule has 0 aliphatic heterocycles. The molecule has 0 saturated heterocycles. The predicted octanol–water partition coefficient (Wildman–Crippen LogP) is 0.807. The molecule has 2 rings (SSSR count). The average molecular weight is 181 g/mol. The highest BCUT2D eigenvalue weighted by Crippen LogP contribution is 2.37. The van der Waals surface area contributed by atoms with E-state index >= 15 is 0 Å². The molecule has 1 fully saturated rings. The molecule has 0 radical (unpaired) electrons. The molecule has 1 heterocycles. The fourth-order valence-electron chi connectivity index (χ4n) is 1.33. The van der Waals surface area contributed by atoms with Crippen molar-refractivity contribution in [2.75, 3.05) is 5.73 Å². The molecule has 0 bridgehead atoms. The van der Waals surface area contributed by atoms with Crippen LogP contribution in [0.4, 0.5) is 5.82 Å². The highest BCUT2D eigenvalue weighted by molar-refractivity contribution is 5.88. The van der Waals surface area contributed by atoms with Crippen molar-refractivity contribution in [2.24, 2.45) is 0 Å². The molecule has 0 atom stereocenters. The summed E-state index contributed by atoms with van der Waals surface area (Å²) in [6.45, 7) is 1.69. The van der Waals surface area contributed by atoms with E-state index < -0.39 is 5.97 Å². The minimum absolute atomic E-state index is 0.0735. The molecule has 70 valence electrons. The smallest absolute Gasteiger partial charge is 0.356 e. The molecular weight excluding hydrogens is 170 g/mol. The maximum absolute atomic E-state index is 10.7. The first-order chi connectivity index (χ1) is 6.11. The van der Waals surface area contributed by atoms with Crippen LogP contribution in [0.25, 0.3) is 0 Å². The van der Waals surface area contributed by atoms with Crippen LogP contribution in [0.5, 0.6) is 0 Å². The first kappa shape index (κ1) is 8.10. The highest BCUT2D eigenvalue weighted by atomic mass is 16.4. The van der Waals surface area contributed by atoms with Crippen LogP contribution >= 0.6 is 0 Å². The van der Waals surface area contributed by atoms with Gasteiger partial charge in [0.25, 0.3) is 0 Å². The van der Waals surface area contributed by atoms with E-state index in [0.717, 1.165) is 12.8 Å². The van der Waals surface area contributed by atoms with Gasteiger partial charge in [-0.25, -0.2) is 9.48 Å². The summed E-state index contributed by atoms with van der Waals surface area (Å²) in [6, 6.07) is 0.326. The van der Waals surface area contributed by atoms with Gasteiger partial charge in [-0.15, -0.1) is 0 Å². The number of nitrogens with zero attached hydrogens (tertiary/aromatic N) is 2. The number of rotatable bonds is 2. The van der Waals surface area contributed by atoms with E-state index in [0.29, 0.717) is 17.4 Å².